The molecule has 0 saturated heterocycles. The lowest BCUT2D eigenvalue weighted by molar-refractivity contribution is -0.0756. The van der Waals surface area contributed by atoms with Crippen molar-refractivity contribution >= 4 is 27.7 Å². The van der Waals surface area contributed by atoms with E-state index in [-0.39, 0.29) is 5.91 Å². The molecule has 0 atom stereocenters. The number of hydroxylamine groups is 2. The molecule has 0 aliphatic rings. The monoisotopic (exact) mass is 273 g/mol. The Hall–Kier alpha value is -1.14. The lowest BCUT2D eigenvalue weighted by atomic mass is 10.2. The largest absolute Gasteiger partial charge is 0.372 e. The second-order valence-corrected chi connectivity index (χ2v) is 3.70. The maximum Gasteiger partial charge on any atom is 0.280 e. The van der Waals surface area contributed by atoms with Crippen molar-refractivity contribution in [2.24, 2.45) is 0 Å². The second-order valence-electron chi connectivity index (χ2n) is 2.78. The summed E-state index contributed by atoms with van der Waals surface area (Å²) >= 11 is 3.26. The zero-order valence-corrected chi connectivity index (χ0v) is 10.3. The van der Waals surface area contributed by atoms with Gasteiger partial charge in [-0.2, -0.15) is 0 Å². The summed E-state index contributed by atoms with van der Waals surface area (Å²) < 4.78 is 0.745. The number of aromatic nitrogens is 1. The maximum atomic E-state index is 11.8. The number of amides is 1. The number of pyridine rings is 1. The molecule has 1 heterocycles. The van der Waals surface area contributed by atoms with E-state index in [2.05, 4.69) is 26.2 Å². The molecule has 0 aromatic carbocycles. The van der Waals surface area contributed by atoms with Crippen LogP contribution in [0, 0.1) is 0 Å². The second kappa shape index (κ2) is 5.09. The molecule has 82 valence electrons. The van der Waals surface area contributed by atoms with Crippen molar-refractivity contribution in [2.45, 2.75) is 0 Å². The van der Waals surface area contributed by atoms with Crippen LogP contribution in [0.1, 0.15) is 10.4 Å². The zero-order valence-electron chi connectivity index (χ0n) is 8.74. The van der Waals surface area contributed by atoms with Crippen LogP contribution in [-0.2, 0) is 4.84 Å². The first-order valence-electron chi connectivity index (χ1n) is 4.25. The molecule has 0 aliphatic heterocycles. The van der Waals surface area contributed by atoms with Gasteiger partial charge >= 0.3 is 0 Å². The van der Waals surface area contributed by atoms with Gasteiger partial charge in [-0.15, -0.1) is 0 Å². The summed E-state index contributed by atoms with van der Waals surface area (Å²) in [6.07, 6.45) is 1.62. The van der Waals surface area contributed by atoms with Crippen LogP contribution in [0.2, 0.25) is 0 Å². The molecule has 6 heteroatoms. The maximum absolute atomic E-state index is 11.8. The quantitative estimate of drug-likeness (QED) is 0.849. The van der Waals surface area contributed by atoms with Crippen LogP contribution in [0.3, 0.4) is 0 Å². The third kappa shape index (κ3) is 2.66. The standard InChI is InChI=1S/C9H12BrN3O2/c1-11-8-7(4-6(10)5-12-8)9(14)13(2)15-3/h4-5H,1-3H3,(H,11,12). The van der Waals surface area contributed by atoms with E-state index in [0.29, 0.717) is 11.4 Å². The molecular weight excluding hydrogens is 262 g/mol. The minimum absolute atomic E-state index is 0.254. The predicted octanol–water partition coefficient (Wildman–Crippen LogP) is 1.52. The van der Waals surface area contributed by atoms with Gasteiger partial charge < -0.3 is 5.32 Å². The van der Waals surface area contributed by atoms with Crippen LogP contribution < -0.4 is 5.32 Å². The SMILES string of the molecule is CNc1ncc(Br)cc1C(=O)N(C)OC. The Morgan fingerprint density at radius 3 is 2.87 bits per heavy atom. The number of carbonyl (C=O) groups excluding carboxylic acids is 1. The van der Waals surface area contributed by atoms with Gasteiger partial charge in [0.1, 0.15) is 5.82 Å². The average molecular weight is 274 g/mol. The topological polar surface area (TPSA) is 54.5 Å². The summed E-state index contributed by atoms with van der Waals surface area (Å²) in [4.78, 5) is 20.7. The normalized spacial score (nSPS) is 9.87. The fraction of sp³-hybridized carbons (Fsp3) is 0.333. The first-order valence-corrected chi connectivity index (χ1v) is 5.05. The highest BCUT2D eigenvalue weighted by molar-refractivity contribution is 9.10. The Balaban J connectivity index is 3.11. The van der Waals surface area contributed by atoms with Gasteiger partial charge in [0.05, 0.1) is 12.7 Å². The molecule has 0 saturated carbocycles. The molecule has 1 rings (SSSR count). The van der Waals surface area contributed by atoms with Crippen molar-refractivity contribution in [1.82, 2.24) is 10.0 Å². The summed E-state index contributed by atoms with van der Waals surface area (Å²) in [5.41, 5.74) is 0.455. The van der Waals surface area contributed by atoms with E-state index in [1.807, 2.05) is 0 Å². The molecule has 15 heavy (non-hydrogen) atoms. The van der Waals surface area contributed by atoms with Gasteiger partial charge in [-0.05, 0) is 22.0 Å². The van der Waals surface area contributed by atoms with Gasteiger partial charge in [0.15, 0.2) is 0 Å². The number of nitrogens with one attached hydrogen (secondary N) is 1. The first kappa shape index (κ1) is 11.9. The highest BCUT2D eigenvalue weighted by atomic mass is 79.9. The van der Waals surface area contributed by atoms with Gasteiger partial charge in [0.25, 0.3) is 5.91 Å². The molecule has 5 nitrogen and oxygen atoms in total. The van der Waals surface area contributed by atoms with Gasteiger partial charge in [-0.25, -0.2) is 10.0 Å². The number of rotatable bonds is 3. The highest BCUT2D eigenvalue weighted by Gasteiger charge is 2.16. The molecule has 0 unspecified atom stereocenters. The van der Waals surface area contributed by atoms with E-state index in [1.165, 1.54) is 7.11 Å². The molecule has 0 radical (unpaired) electrons. The molecule has 1 amide bonds. The van der Waals surface area contributed by atoms with Crippen LogP contribution in [-0.4, -0.2) is 37.2 Å². The molecule has 1 aromatic rings. The predicted molar refractivity (Wildman–Crippen MR) is 60.6 cm³/mol. The van der Waals surface area contributed by atoms with Crippen LogP contribution in [0.4, 0.5) is 5.82 Å². The van der Waals surface area contributed by atoms with Crippen LogP contribution >= 0.6 is 15.9 Å². The van der Waals surface area contributed by atoms with E-state index in [0.717, 1.165) is 9.54 Å². The number of hydrogen-bond acceptors (Lipinski definition) is 4. The number of hydrogen-bond donors (Lipinski definition) is 1. The van der Waals surface area contributed by atoms with Gasteiger partial charge in [0.2, 0.25) is 0 Å². The van der Waals surface area contributed by atoms with E-state index in [1.54, 1.807) is 26.4 Å². The number of anilines is 1. The van der Waals surface area contributed by atoms with Crippen molar-refractivity contribution in [3.63, 3.8) is 0 Å². The third-order valence-electron chi connectivity index (χ3n) is 1.88. The lowest BCUT2D eigenvalue weighted by Crippen LogP contribution is -2.26. The molecule has 0 spiro atoms. The fourth-order valence-electron chi connectivity index (χ4n) is 1.05. The lowest BCUT2D eigenvalue weighted by Gasteiger charge is -2.15. The number of carbonyl (C=O) groups is 1. The Bertz CT molecular complexity index is 370. The summed E-state index contributed by atoms with van der Waals surface area (Å²) in [5, 5.41) is 3.99. The van der Waals surface area contributed by atoms with Crippen LogP contribution in [0.15, 0.2) is 16.7 Å². The zero-order chi connectivity index (χ0) is 11.4. The summed E-state index contributed by atoms with van der Waals surface area (Å²) in [7, 11) is 4.69. The third-order valence-corrected chi connectivity index (χ3v) is 2.32. The molecule has 0 bridgehead atoms. The van der Waals surface area contributed by atoms with Crippen molar-refractivity contribution < 1.29 is 9.63 Å². The molecular formula is C9H12BrN3O2. The summed E-state index contributed by atoms with van der Waals surface area (Å²) in [6.45, 7) is 0. The Kier molecular flexibility index (Phi) is 4.05. The molecule has 1 aromatic heterocycles. The smallest absolute Gasteiger partial charge is 0.280 e. The minimum atomic E-state index is -0.254. The van der Waals surface area contributed by atoms with Crippen LogP contribution in [0.25, 0.3) is 0 Å². The highest BCUT2D eigenvalue weighted by Crippen LogP contribution is 2.18. The summed E-state index contributed by atoms with van der Waals surface area (Å²) in [6, 6.07) is 1.69. The first-order chi connectivity index (χ1) is 7.10. The van der Waals surface area contributed by atoms with Crippen molar-refractivity contribution in [2.75, 3.05) is 26.5 Å². The number of halogens is 1. The fourth-order valence-corrected chi connectivity index (χ4v) is 1.39. The number of nitrogens with zero attached hydrogens (tertiary/aromatic N) is 2. The van der Waals surface area contributed by atoms with Crippen LogP contribution in [0.5, 0.6) is 0 Å². The van der Waals surface area contributed by atoms with Crippen molar-refractivity contribution in [1.29, 1.82) is 0 Å². The van der Waals surface area contributed by atoms with E-state index >= 15 is 0 Å². The Morgan fingerprint density at radius 2 is 2.33 bits per heavy atom. The van der Waals surface area contributed by atoms with Gasteiger partial charge in [-0.3, -0.25) is 9.63 Å². The molecule has 1 N–H and O–H groups in total. The van der Waals surface area contributed by atoms with Crippen molar-refractivity contribution in [3.8, 4) is 0 Å². The summed E-state index contributed by atoms with van der Waals surface area (Å²) in [5.74, 6) is 0.266. The van der Waals surface area contributed by atoms with Gasteiger partial charge in [0, 0.05) is 24.8 Å². The average Bonchev–Trinajstić information content (AvgIpc) is 2.27. The van der Waals surface area contributed by atoms with Crippen molar-refractivity contribution in [3.05, 3.63) is 22.3 Å². The van der Waals surface area contributed by atoms with E-state index < -0.39 is 0 Å². The minimum Gasteiger partial charge on any atom is -0.372 e. The van der Waals surface area contributed by atoms with E-state index in [4.69, 9.17) is 4.84 Å². The van der Waals surface area contributed by atoms with E-state index in [9.17, 15) is 4.79 Å². The Morgan fingerprint density at radius 1 is 1.67 bits per heavy atom. The molecule has 0 aliphatic carbocycles. The Labute approximate surface area is 96.5 Å². The molecule has 0 fully saturated rings. The van der Waals surface area contributed by atoms with Gasteiger partial charge in [-0.1, -0.05) is 0 Å².